The van der Waals surface area contributed by atoms with Gasteiger partial charge in [-0.05, 0) is 18.6 Å². The van der Waals surface area contributed by atoms with E-state index in [1.165, 1.54) is 18.4 Å². The zero-order chi connectivity index (χ0) is 16.1. The third kappa shape index (κ3) is 4.18. The van der Waals surface area contributed by atoms with Crippen LogP contribution in [0.3, 0.4) is 0 Å². The maximum Gasteiger partial charge on any atom is 0.350 e. The number of methoxy groups -OCH3 is 1. The minimum atomic E-state index is -0.442. The first-order chi connectivity index (χ1) is 10.5. The number of benzene rings is 1. The number of halogens is 1. The number of alkyl halides is 1. The zero-order valence-corrected chi connectivity index (χ0v) is 14.7. The Kier molecular flexibility index (Phi) is 5.74. The maximum atomic E-state index is 12.2. The van der Waals surface area contributed by atoms with E-state index in [4.69, 9.17) is 4.74 Å². The van der Waals surface area contributed by atoms with Crippen molar-refractivity contribution < 1.29 is 14.3 Å². The van der Waals surface area contributed by atoms with Gasteiger partial charge in [0, 0.05) is 10.2 Å². The number of hydrogen-bond donors (Lipinski definition) is 1. The highest BCUT2D eigenvalue weighted by Gasteiger charge is 2.18. The number of nitrogens with one attached hydrogen (secondary N) is 1. The van der Waals surface area contributed by atoms with Crippen LogP contribution in [0.4, 0.5) is 5.69 Å². The van der Waals surface area contributed by atoms with Crippen LogP contribution in [0.2, 0.25) is 0 Å². The molecule has 4 nitrogen and oxygen atoms in total. The molecule has 1 aromatic carbocycles. The molecule has 116 valence electrons. The fourth-order valence-electron chi connectivity index (χ4n) is 1.93. The van der Waals surface area contributed by atoms with E-state index in [0.717, 1.165) is 16.0 Å². The number of carbonyl (C=O) groups excluding carboxylic acids is 2. The third-order valence-electron chi connectivity index (χ3n) is 3.04. The molecule has 2 aromatic rings. The number of hydrogen-bond acceptors (Lipinski definition) is 4. The van der Waals surface area contributed by atoms with Crippen LogP contribution in [-0.2, 0) is 21.3 Å². The van der Waals surface area contributed by atoms with Crippen molar-refractivity contribution in [1.82, 2.24) is 0 Å². The first kappa shape index (κ1) is 16.7. The molecule has 0 bridgehead atoms. The minimum absolute atomic E-state index is 0.159. The van der Waals surface area contributed by atoms with E-state index in [9.17, 15) is 9.59 Å². The highest BCUT2D eigenvalue weighted by molar-refractivity contribution is 9.08. The second-order valence-corrected chi connectivity index (χ2v) is 6.49. The molecule has 0 aliphatic carbocycles. The average molecular weight is 382 g/mol. The molecule has 1 heterocycles. The first-order valence-corrected chi connectivity index (χ1v) is 8.59. The molecule has 0 aliphatic rings. The Morgan fingerprint density at radius 2 is 1.95 bits per heavy atom. The van der Waals surface area contributed by atoms with Gasteiger partial charge in [0.15, 0.2) is 0 Å². The Hall–Kier alpha value is -1.66. The van der Waals surface area contributed by atoms with Crippen molar-refractivity contribution in [3.8, 4) is 0 Å². The largest absolute Gasteiger partial charge is 0.465 e. The number of carbonyl (C=O) groups is 2. The summed E-state index contributed by atoms with van der Waals surface area (Å²) in [5, 5.41) is 3.41. The van der Waals surface area contributed by atoms with Crippen LogP contribution in [0.5, 0.6) is 0 Å². The van der Waals surface area contributed by atoms with E-state index in [0.29, 0.717) is 15.9 Å². The molecule has 22 heavy (non-hydrogen) atoms. The quantitative estimate of drug-likeness (QED) is 0.630. The van der Waals surface area contributed by atoms with Crippen LogP contribution in [0.1, 0.15) is 25.7 Å². The van der Waals surface area contributed by atoms with E-state index in [1.54, 1.807) is 6.07 Å². The summed E-state index contributed by atoms with van der Waals surface area (Å²) >= 11 is 4.65. The molecule has 1 N–H and O–H groups in total. The molecule has 1 aromatic heterocycles. The van der Waals surface area contributed by atoms with Crippen molar-refractivity contribution in [1.29, 1.82) is 0 Å². The molecule has 0 unspecified atom stereocenters. The summed E-state index contributed by atoms with van der Waals surface area (Å²) in [6, 6.07) is 9.58. The second kappa shape index (κ2) is 7.56. The van der Waals surface area contributed by atoms with Crippen molar-refractivity contribution in [2.75, 3.05) is 12.4 Å². The Balaban J connectivity index is 2.12. The Bertz CT molecular complexity index is 679. The lowest BCUT2D eigenvalue weighted by atomic mass is 10.1. The smallest absolute Gasteiger partial charge is 0.350 e. The van der Waals surface area contributed by atoms with Crippen molar-refractivity contribution in [2.24, 2.45) is 0 Å². The molecular weight excluding hydrogens is 366 g/mol. The molecular formula is C16H16BrNO3S. The predicted molar refractivity (Wildman–Crippen MR) is 91.8 cm³/mol. The summed E-state index contributed by atoms with van der Waals surface area (Å²) in [5.74, 6) is -0.601. The average Bonchev–Trinajstić information content (AvgIpc) is 2.91. The van der Waals surface area contributed by atoms with E-state index in [1.807, 2.05) is 31.2 Å². The van der Waals surface area contributed by atoms with E-state index >= 15 is 0 Å². The summed E-state index contributed by atoms with van der Waals surface area (Å²) in [6.07, 6.45) is 0.264. The monoisotopic (exact) mass is 381 g/mol. The number of aryl methyl sites for hydroxylation is 1. The summed E-state index contributed by atoms with van der Waals surface area (Å²) in [6.45, 7) is 2.00. The normalized spacial score (nSPS) is 10.3. The van der Waals surface area contributed by atoms with Gasteiger partial charge in [0.1, 0.15) is 4.88 Å². The van der Waals surface area contributed by atoms with Crippen LogP contribution in [0.25, 0.3) is 0 Å². The van der Waals surface area contributed by atoms with Crippen LogP contribution >= 0.6 is 27.3 Å². The lowest BCUT2D eigenvalue weighted by Crippen LogP contribution is -2.16. The highest BCUT2D eigenvalue weighted by Crippen LogP contribution is 2.29. The minimum Gasteiger partial charge on any atom is -0.465 e. The Morgan fingerprint density at radius 3 is 2.55 bits per heavy atom. The number of anilines is 1. The van der Waals surface area contributed by atoms with Gasteiger partial charge in [0.25, 0.3) is 0 Å². The van der Waals surface area contributed by atoms with Crippen LogP contribution < -0.4 is 5.32 Å². The number of amides is 1. The highest BCUT2D eigenvalue weighted by atomic mass is 79.9. The second-order valence-electron chi connectivity index (χ2n) is 4.79. The third-order valence-corrected chi connectivity index (χ3v) is 5.14. The summed E-state index contributed by atoms with van der Waals surface area (Å²) in [7, 11) is 1.33. The Morgan fingerprint density at radius 1 is 1.27 bits per heavy atom. The van der Waals surface area contributed by atoms with Crippen molar-refractivity contribution in [3.63, 3.8) is 0 Å². The topological polar surface area (TPSA) is 55.4 Å². The van der Waals surface area contributed by atoms with Gasteiger partial charge in [-0.25, -0.2) is 4.79 Å². The van der Waals surface area contributed by atoms with Gasteiger partial charge in [-0.15, -0.1) is 11.3 Å². The van der Waals surface area contributed by atoms with Crippen molar-refractivity contribution in [3.05, 3.63) is 51.2 Å². The number of thiophene rings is 1. The maximum absolute atomic E-state index is 12.2. The van der Waals surface area contributed by atoms with Crippen LogP contribution in [-0.4, -0.2) is 19.0 Å². The molecule has 0 radical (unpaired) electrons. The molecule has 0 saturated heterocycles. The van der Waals surface area contributed by atoms with Gasteiger partial charge in [0.2, 0.25) is 5.91 Å². The van der Waals surface area contributed by atoms with Gasteiger partial charge in [-0.3, -0.25) is 4.79 Å². The lowest BCUT2D eigenvalue weighted by Gasteiger charge is -2.06. The predicted octanol–water partition coefficient (Wildman–Crippen LogP) is 3.92. The lowest BCUT2D eigenvalue weighted by molar-refractivity contribution is -0.115. The number of rotatable bonds is 5. The molecule has 0 saturated carbocycles. The zero-order valence-electron chi connectivity index (χ0n) is 12.3. The van der Waals surface area contributed by atoms with E-state index in [2.05, 4.69) is 21.2 Å². The van der Waals surface area contributed by atoms with Gasteiger partial charge >= 0.3 is 5.97 Å². The Labute approximate surface area is 141 Å². The molecule has 6 heteroatoms. The fourth-order valence-corrected chi connectivity index (χ4v) is 3.32. The molecule has 0 aliphatic heterocycles. The van der Waals surface area contributed by atoms with Gasteiger partial charge < -0.3 is 10.1 Å². The van der Waals surface area contributed by atoms with Gasteiger partial charge in [-0.1, -0.05) is 45.8 Å². The summed E-state index contributed by atoms with van der Waals surface area (Å²) in [4.78, 5) is 25.3. The standard InChI is InChI=1S/C16H16BrNO3S/c1-10-3-5-11(6-4-10)7-14(19)18-13-8-12(9-17)22-15(13)16(20)21-2/h3-6,8H,7,9H2,1-2H3,(H,18,19). The summed E-state index contributed by atoms with van der Waals surface area (Å²) in [5.41, 5.74) is 2.58. The number of esters is 1. The van der Waals surface area contributed by atoms with Crippen molar-refractivity contribution in [2.45, 2.75) is 18.7 Å². The molecule has 1 amide bonds. The first-order valence-electron chi connectivity index (χ1n) is 6.66. The van der Waals surface area contributed by atoms with E-state index < -0.39 is 5.97 Å². The number of ether oxygens (including phenoxy) is 1. The van der Waals surface area contributed by atoms with Crippen molar-refractivity contribution >= 4 is 44.8 Å². The van der Waals surface area contributed by atoms with Gasteiger partial charge in [0.05, 0.1) is 19.2 Å². The van der Waals surface area contributed by atoms with Gasteiger partial charge in [-0.2, -0.15) is 0 Å². The summed E-state index contributed by atoms with van der Waals surface area (Å²) < 4.78 is 4.75. The van der Waals surface area contributed by atoms with Crippen LogP contribution in [0.15, 0.2) is 30.3 Å². The fraction of sp³-hybridized carbons (Fsp3) is 0.250. The molecule has 0 spiro atoms. The molecule has 2 rings (SSSR count). The molecule has 0 atom stereocenters. The van der Waals surface area contributed by atoms with Crippen LogP contribution in [0, 0.1) is 6.92 Å². The molecule has 0 fully saturated rings. The van der Waals surface area contributed by atoms with E-state index in [-0.39, 0.29) is 12.3 Å². The SMILES string of the molecule is COC(=O)c1sc(CBr)cc1NC(=O)Cc1ccc(C)cc1.